The van der Waals surface area contributed by atoms with Crippen molar-refractivity contribution < 1.29 is 0 Å². The third-order valence-corrected chi connectivity index (χ3v) is 2.87. The summed E-state index contributed by atoms with van der Waals surface area (Å²) < 4.78 is 0. The molecule has 4 heteroatoms. The van der Waals surface area contributed by atoms with Gasteiger partial charge in [0, 0.05) is 23.5 Å². The minimum Gasteiger partial charge on any atom is -0.361 e. The van der Waals surface area contributed by atoms with Crippen LogP contribution in [0.3, 0.4) is 0 Å². The van der Waals surface area contributed by atoms with Gasteiger partial charge in [0.15, 0.2) is 5.13 Å². The minimum absolute atomic E-state index is 0.289. The molecular formula is C8H13ClN2S. The number of halogens is 1. The van der Waals surface area contributed by atoms with Gasteiger partial charge in [-0.15, -0.1) is 22.9 Å². The van der Waals surface area contributed by atoms with Gasteiger partial charge >= 0.3 is 0 Å². The molecule has 0 saturated carbocycles. The van der Waals surface area contributed by atoms with Gasteiger partial charge in [-0.05, 0) is 12.8 Å². The number of rotatable bonds is 5. The van der Waals surface area contributed by atoms with Crippen LogP contribution in [0.25, 0.3) is 0 Å². The monoisotopic (exact) mass is 204 g/mol. The molecule has 0 radical (unpaired) electrons. The van der Waals surface area contributed by atoms with E-state index in [1.54, 1.807) is 17.5 Å². The second-order valence-corrected chi connectivity index (χ2v) is 4.07. The highest BCUT2D eigenvalue weighted by atomic mass is 35.5. The number of hydrogen-bond acceptors (Lipinski definition) is 3. The van der Waals surface area contributed by atoms with Gasteiger partial charge in [0.2, 0.25) is 0 Å². The molecule has 1 rings (SSSR count). The fourth-order valence-corrected chi connectivity index (χ4v) is 1.52. The Morgan fingerprint density at radius 1 is 1.75 bits per heavy atom. The number of nitrogens with one attached hydrogen (secondary N) is 1. The van der Waals surface area contributed by atoms with Crippen LogP contribution in [0.15, 0.2) is 11.6 Å². The number of nitrogens with zero attached hydrogens (tertiary/aromatic N) is 1. The van der Waals surface area contributed by atoms with Crippen molar-refractivity contribution in [2.45, 2.75) is 25.1 Å². The van der Waals surface area contributed by atoms with Gasteiger partial charge in [0.25, 0.3) is 0 Å². The summed E-state index contributed by atoms with van der Waals surface area (Å²) in [5, 5.41) is 6.44. The van der Waals surface area contributed by atoms with E-state index in [1.807, 2.05) is 5.38 Å². The van der Waals surface area contributed by atoms with Gasteiger partial charge in [-0.1, -0.05) is 6.92 Å². The van der Waals surface area contributed by atoms with Gasteiger partial charge in [-0.3, -0.25) is 0 Å². The maximum absolute atomic E-state index is 5.95. The van der Waals surface area contributed by atoms with Crippen molar-refractivity contribution in [3.8, 4) is 0 Å². The Labute approximate surface area is 82.0 Å². The van der Waals surface area contributed by atoms with Crippen molar-refractivity contribution in [2.75, 3.05) is 11.9 Å². The first-order valence-corrected chi connectivity index (χ1v) is 5.42. The van der Waals surface area contributed by atoms with E-state index >= 15 is 0 Å². The molecule has 1 heterocycles. The third kappa shape index (κ3) is 3.41. The summed E-state index contributed by atoms with van der Waals surface area (Å²) in [5.74, 6) is 0. The lowest BCUT2D eigenvalue weighted by atomic mass is 10.2. The molecule has 0 aliphatic rings. The van der Waals surface area contributed by atoms with Crippen molar-refractivity contribution in [2.24, 2.45) is 0 Å². The molecule has 0 fully saturated rings. The summed E-state index contributed by atoms with van der Waals surface area (Å²) in [4.78, 5) is 4.10. The quantitative estimate of drug-likeness (QED) is 0.747. The zero-order chi connectivity index (χ0) is 8.81. The number of aromatic nitrogens is 1. The molecule has 0 amide bonds. The van der Waals surface area contributed by atoms with E-state index in [2.05, 4.69) is 17.2 Å². The number of thiazole rings is 1. The topological polar surface area (TPSA) is 24.9 Å². The minimum atomic E-state index is 0.289. The zero-order valence-corrected chi connectivity index (χ0v) is 8.66. The Balaban J connectivity index is 2.11. The van der Waals surface area contributed by atoms with E-state index in [9.17, 15) is 0 Å². The smallest absolute Gasteiger partial charge is 0.182 e. The lowest BCUT2D eigenvalue weighted by molar-refractivity contribution is 0.753. The maximum atomic E-state index is 5.95. The van der Waals surface area contributed by atoms with Gasteiger partial charge in [0.1, 0.15) is 0 Å². The molecule has 0 saturated heterocycles. The molecule has 0 aliphatic heterocycles. The SMILES string of the molecule is CCC(Cl)CCNc1nccs1. The summed E-state index contributed by atoms with van der Waals surface area (Å²) in [7, 11) is 0. The Morgan fingerprint density at radius 3 is 3.17 bits per heavy atom. The van der Waals surface area contributed by atoms with E-state index < -0.39 is 0 Å². The Kier molecular flexibility index (Phi) is 4.40. The van der Waals surface area contributed by atoms with Crippen LogP contribution in [0.1, 0.15) is 19.8 Å². The van der Waals surface area contributed by atoms with Gasteiger partial charge in [-0.2, -0.15) is 0 Å². The first-order chi connectivity index (χ1) is 5.83. The second kappa shape index (κ2) is 5.38. The van der Waals surface area contributed by atoms with Crippen LogP contribution < -0.4 is 5.32 Å². The van der Waals surface area contributed by atoms with E-state index in [0.717, 1.165) is 24.5 Å². The maximum Gasteiger partial charge on any atom is 0.182 e. The molecule has 68 valence electrons. The van der Waals surface area contributed by atoms with Gasteiger partial charge in [0.05, 0.1) is 0 Å². The third-order valence-electron chi connectivity index (χ3n) is 1.61. The first kappa shape index (κ1) is 9.81. The van der Waals surface area contributed by atoms with Crippen LogP contribution in [-0.4, -0.2) is 16.9 Å². The summed E-state index contributed by atoms with van der Waals surface area (Å²) in [6.07, 6.45) is 3.82. The molecule has 0 aliphatic carbocycles. The molecule has 1 N–H and O–H groups in total. The van der Waals surface area contributed by atoms with Crippen molar-refractivity contribution in [1.29, 1.82) is 0 Å². The summed E-state index contributed by atoms with van der Waals surface area (Å²) in [6, 6.07) is 0. The van der Waals surface area contributed by atoms with Crippen LogP contribution in [0, 0.1) is 0 Å². The molecule has 1 atom stereocenters. The Bertz CT molecular complexity index is 201. The fourth-order valence-electron chi connectivity index (χ4n) is 0.851. The van der Waals surface area contributed by atoms with E-state index in [0.29, 0.717) is 0 Å². The molecule has 2 nitrogen and oxygen atoms in total. The van der Waals surface area contributed by atoms with E-state index in [1.165, 1.54) is 0 Å². The molecule has 1 aromatic rings. The highest BCUT2D eigenvalue weighted by Gasteiger charge is 2.00. The normalized spacial score (nSPS) is 12.8. The van der Waals surface area contributed by atoms with Crippen LogP contribution in [-0.2, 0) is 0 Å². The van der Waals surface area contributed by atoms with Gasteiger partial charge in [-0.25, -0.2) is 4.98 Å². The summed E-state index contributed by atoms with van der Waals surface area (Å²) >= 11 is 7.57. The van der Waals surface area contributed by atoms with Crippen molar-refractivity contribution in [3.63, 3.8) is 0 Å². The predicted octanol–water partition coefficient (Wildman–Crippen LogP) is 2.96. The fraction of sp³-hybridized carbons (Fsp3) is 0.625. The lowest BCUT2D eigenvalue weighted by Gasteiger charge is -2.05. The average molecular weight is 205 g/mol. The van der Waals surface area contributed by atoms with Crippen LogP contribution in [0.4, 0.5) is 5.13 Å². The highest BCUT2D eigenvalue weighted by molar-refractivity contribution is 7.13. The average Bonchev–Trinajstić information content (AvgIpc) is 2.57. The summed E-state index contributed by atoms with van der Waals surface area (Å²) in [6.45, 7) is 3.01. The van der Waals surface area contributed by atoms with Gasteiger partial charge < -0.3 is 5.32 Å². The Morgan fingerprint density at radius 2 is 2.58 bits per heavy atom. The Hall–Kier alpha value is -0.280. The van der Waals surface area contributed by atoms with Crippen molar-refractivity contribution in [3.05, 3.63) is 11.6 Å². The molecular weight excluding hydrogens is 192 g/mol. The standard InChI is InChI=1S/C8H13ClN2S/c1-2-7(9)3-4-10-8-11-5-6-12-8/h5-7H,2-4H2,1H3,(H,10,11). The zero-order valence-electron chi connectivity index (χ0n) is 7.09. The highest BCUT2D eigenvalue weighted by Crippen LogP contribution is 2.11. The number of alkyl halides is 1. The van der Waals surface area contributed by atoms with Crippen LogP contribution in [0.5, 0.6) is 0 Å². The van der Waals surface area contributed by atoms with Crippen LogP contribution >= 0.6 is 22.9 Å². The molecule has 0 spiro atoms. The van der Waals surface area contributed by atoms with Crippen molar-refractivity contribution >= 4 is 28.1 Å². The first-order valence-electron chi connectivity index (χ1n) is 4.10. The lowest BCUT2D eigenvalue weighted by Crippen LogP contribution is -2.07. The summed E-state index contributed by atoms with van der Waals surface area (Å²) in [5.41, 5.74) is 0. The van der Waals surface area contributed by atoms with E-state index in [4.69, 9.17) is 11.6 Å². The molecule has 12 heavy (non-hydrogen) atoms. The molecule has 1 aromatic heterocycles. The second-order valence-electron chi connectivity index (χ2n) is 2.56. The van der Waals surface area contributed by atoms with E-state index in [-0.39, 0.29) is 5.38 Å². The number of anilines is 1. The predicted molar refractivity (Wildman–Crippen MR) is 55.2 cm³/mol. The molecule has 0 aromatic carbocycles. The molecule has 1 unspecified atom stereocenters. The molecule has 0 bridgehead atoms. The number of hydrogen-bond donors (Lipinski definition) is 1. The van der Waals surface area contributed by atoms with Crippen molar-refractivity contribution in [1.82, 2.24) is 4.98 Å². The van der Waals surface area contributed by atoms with Crippen LogP contribution in [0.2, 0.25) is 0 Å². The largest absolute Gasteiger partial charge is 0.361 e.